The molecule has 0 radical (unpaired) electrons. The van der Waals surface area contributed by atoms with Crippen LogP contribution in [0.1, 0.15) is 22.9 Å². The van der Waals surface area contributed by atoms with Crippen molar-refractivity contribution in [1.29, 1.82) is 0 Å². The molecule has 35 heavy (non-hydrogen) atoms. The smallest absolute Gasteiger partial charge is 0.250 e. The van der Waals surface area contributed by atoms with E-state index in [1.165, 1.54) is 11.3 Å². The number of aromatic nitrogens is 5. The monoisotopic (exact) mass is 502 g/mol. The lowest BCUT2D eigenvalue weighted by Gasteiger charge is -2.17. The highest BCUT2D eigenvalue weighted by atomic mass is 32.1. The number of thiazole rings is 1. The molecule has 5 aromatic rings. The first-order valence-electron chi connectivity index (χ1n) is 11.0. The Morgan fingerprint density at radius 1 is 1.20 bits per heavy atom. The number of hydrogen-bond acceptors (Lipinski definition) is 7. The van der Waals surface area contributed by atoms with Crippen LogP contribution in [0.25, 0.3) is 10.2 Å². The van der Waals surface area contributed by atoms with Gasteiger partial charge in [-0.1, -0.05) is 35.5 Å². The summed E-state index contributed by atoms with van der Waals surface area (Å²) in [6.45, 7) is 2.17. The predicted molar refractivity (Wildman–Crippen MR) is 138 cm³/mol. The van der Waals surface area contributed by atoms with Crippen molar-refractivity contribution < 1.29 is 9.53 Å². The Kier molecular flexibility index (Phi) is 6.64. The molecule has 0 aliphatic heterocycles. The van der Waals surface area contributed by atoms with E-state index in [4.69, 9.17) is 17.0 Å². The number of carbonyl (C=O) groups is 1. The summed E-state index contributed by atoms with van der Waals surface area (Å²) in [5.74, 6) is 0.991. The van der Waals surface area contributed by atoms with E-state index in [9.17, 15) is 4.79 Å². The third kappa shape index (κ3) is 5.61. The lowest BCUT2D eigenvalue weighted by molar-refractivity contribution is -0.119. The first kappa shape index (κ1) is 22.9. The fraction of sp³-hybridized carbons (Fsp3) is 0.160. The molecule has 0 unspecified atom stereocenters. The lowest BCUT2D eigenvalue weighted by atomic mass is 10.1. The van der Waals surface area contributed by atoms with Crippen LogP contribution >= 0.6 is 23.6 Å². The van der Waals surface area contributed by atoms with E-state index in [1.807, 2.05) is 67.6 Å². The van der Waals surface area contributed by atoms with Crippen LogP contribution in [0.4, 0.5) is 5.82 Å². The number of nitrogens with zero attached hydrogens (tertiary/aromatic N) is 4. The third-order valence-electron chi connectivity index (χ3n) is 5.40. The number of ether oxygens (including phenoxy) is 1. The number of nitrogens with one attached hydrogen (secondary N) is 2. The van der Waals surface area contributed by atoms with Crippen LogP contribution in [0.5, 0.6) is 5.75 Å². The second-order valence-corrected chi connectivity index (χ2v) is 9.78. The van der Waals surface area contributed by atoms with Crippen molar-refractivity contribution in [2.24, 2.45) is 0 Å². The topological polar surface area (TPSA) is 97.7 Å². The maximum Gasteiger partial charge on any atom is 0.250 e. The molecule has 176 valence electrons. The molecule has 1 amide bonds. The molecule has 8 nitrogen and oxygen atoms in total. The molecule has 5 rings (SSSR count). The first-order valence-corrected chi connectivity index (χ1v) is 12.2. The number of aryl methyl sites for hydroxylation is 1. The van der Waals surface area contributed by atoms with Crippen molar-refractivity contribution >= 4 is 45.5 Å². The fourth-order valence-corrected chi connectivity index (χ4v) is 4.81. The van der Waals surface area contributed by atoms with E-state index in [2.05, 4.69) is 25.6 Å². The zero-order valence-corrected chi connectivity index (χ0v) is 20.5. The van der Waals surface area contributed by atoms with Gasteiger partial charge in [0.2, 0.25) is 0 Å². The van der Waals surface area contributed by atoms with Crippen LogP contribution in [0.3, 0.4) is 0 Å². The number of carbonyl (C=O) groups excluding carboxylic acids is 1. The minimum absolute atomic E-state index is 0.219. The Labute approximate surface area is 210 Å². The van der Waals surface area contributed by atoms with Gasteiger partial charge in [-0.3, -0.25) is 4.79 Å². The van der Waals surface area contributed by atoms with Crippen molar-refractivity contribution in [3.05, 3.63) is 93.8 Å². The van der Waals surface area contributed by atoms with Gasteiger partial charge in [0.15, 0.2) is 3.95 Å². The molecular formula is C25H22N6O2S2. The Balaban J connectivity index is 1.33. The Morgan fingerprint density at radius 2 is 2.06 bits per heavy atom. The largest absolute Gasteiger partial charge is 0.487 e. The van der Waals surface area contributed by atoms with Gasteiger partial charge in [-0.25, -0.2) is 9.67 Å². The number of aromatic amines is 1. The number of amides is 1. The Hall–Kier alpha value is -3.89. The molecule has 2 aromatic carbocycles. The molecule has 3 aromatic heterocycles. The van der Waals surface area contributed by atoms with Crippen molar-refractivity contribution in [3.63, 3.8) is 0 Å². The maximum atomic E-state index is 13.3. The number of pyridine rings is 1. The Bertz CT molecular complexity index is 1530. The standard InChI is InChI=1S/C25H22N6O2S2/c1-16-9-10-26-23(11-16)28-24(32)21(12-17-5-3-2-4-6-17)31-14-18(29-30-31)15-33-19-7-8-20-22(13-19)35-25(34)27-20/h2-11,13-14,21H,12,15H2,1H3,(H,27,34)(H,26,28,32)/t21-/m0/s1. The van der Waals surface area contributed by atoms with Crippen LogP contribution in [0, 0.1) is 10.9 Å². The maximum absolute atomic E-state index is 13.3. The quantitative estimate of drug-likeness (QED) is 0.281. The highest BCUT2D eigenvalue weighted by Gasteiger charge is 2.23. The normalized spacial score (nSPS) is 11.9. The summed E-state index contributed by atoms with van der Waals surface area (Å²) in [7, 11) is 0. The van der Waals surface area contributed by atoms with Gasteiger partial charge >= 0.3 is 0 Å². The van der Waals surface area contributed by atoms with Crippen LogP contribution in [-0.4, -0.2) is 30.9 Å². The second kappa shape index (κ2) is 10.2. The molecule has 2 N–H and O–H groups in total. The first-order chi connectivity index (χ1) is 17.0. The van der Waals surface area contributed by atoms with Crippen molar-refractivity contribution in [3.8, 4) is 5.75 Å². The van der Waals surface area contributed by atoms with Gasteiger partial charge in [-0.15, -0.1) is 16.4 Å². The van der Waals surface area contributed by atoms with E-state index in [0.29, 0.717) is 23.7 Å². The molecule has 10 heteroatoms. The summed E-state index contributed by atoms with van der Waals surface area (Å²) in [5, 5.41) is 11.4. The minimum Gasteiger partial charge on any atom is -0.487 e. The zero-order valence-electron chi connectivity index (χ0n) is 18.8. The van der Waals surface area contributed by atoms with Gasteiger partial charge in [-0.05, 0) is 60.6 Å². The molecule has 0 aliphatic rings. The molecule has 0 bridgehead atoms. The van der Waals surface area contributed by atoms with Gasteiger partial charge in [-0.2, -0.15) is 0 Å². The second-order valence-electron chi connectivity index (χ2n) is 8.06. The molecule has 3 heterocycles. The number of hydrogen-bond donors (Lipinski definition) is 2. The highest BCUT2D eigenvalue weighted by molar-refractivity contribution is 7.73. The fourth-order valence-electron chi connectivity index (χ4n) is 3.66. The van der Waals surface area contributed by atoms with Gasteiger partial charge in [0, 0.05) is 12.6 Å². The van der Waals surface area contributed by atoms with Gasteiger partial charge < -0.3 is 15.0 Å². The third-order valence-corrected chi connectivity index (χ3v) is 6.59. The highest BCUT2D eigenvalue weighted by Crippen LogP contribution is 2.25. The van der Waals surface area contributed by atoms with Crippen LogP contribution in [0.2, 0.25) is 0 Å². The molecule has 0 fully saturated rings. The summed E-state index contributed by atoms with van der Waals surface area (Å²) in [5.41, 5.74) is 3.63. The van der Waals surface area contributed by atoms with Crippen LogP contribution in [0.15, 0.2) is 73.1 Å². The van der Waals surface area contributed by atoms with Crippen LogP contribution < -0.4 is 10.1 Å². The zero-order chi connectivity index (χ0) is 24.2. The molecule has 0 spiro atoms. The van der Waals surface area contributed by atoms with E-state index in [-0.39, 0.29) is 12.5 Å². The van der Waals surface area contributed by atoms with E-state index < -0.39 is 6.04 Å². The van der Waals surface area contributed by atoms with Crippen molar-refractivity contribution in [2.75, 3.05) is 5.32 Å². The average Bonchev–Trinajstić information content (AvgIpc) is 3.47. The molecule has 0 aliphatic carbocycles. The molecule has 0 saturated carbocycles. The van der Waals surface area contributed by atoms with Gasteiger partial charge in [0.25, 0.3) is 5.91 Å². The SMILES string of the molecule is Cc1ccnc(NC(=O)[C@H](Cc2ccccc2)n2cc(COc3ccc4[nH]c(=S)sc4c3)nn2)c1. The lowest BCUT2D eigenvalue weighted by Crippen LogP contribution is -2.28. The number of fused-ring (bicyclic) bond motifs is 1. The van der Waals surface area contributed by atoms with Gasteiger partial charge in [0.05, 0.1) is 16.4 Å². The summed E-state index contributed by atoms with van der Waals surface area (Å²) in [4.78, 5) is 20.6. The van der Waals surface area contributed by atoms with E-state index in [0.717, 1.165) is 25.3 Å². The van der Waals surface area contributed by atoms with Crippen molar-refractivity contribution in [1.82, 2.24) is 25.0 Å². The van der Waals surface area contributed by atoms with Gasteiger partial charge in [0.1, 0.15) is 29.9 Å². The summed E-state index contributed by atoms with van der Waals surface area (Å²) in [6, 6.07) is 18.7. The summed E-state index contributed by atoms with van der Waals surface area (Å²) < 4.78 is 9.26. The number of anilines is 1. The molecule has 0 saturated heterocycles. The molecule has 1 atom stereocenters. The van der Waals surface area contributed by atoms with E-state index in [1.54, 1.807) is 17.1 Å². The minimum atomic E-state index is -0.607. The Morgan fingerprint density at radius 3 is 2.89 bits per heavy atom. The predicted octanol–water partition coefficient (Wildman–Crippen LogP) is 5.26. The number of benzene rings is 2. The summed E-state index contributed by atoms with van der Waals surface area (Å²) >= 11 is 6.70. The average molecular weight is 503 g/mol. The van der Waals surface area contributed by atoms with Crippen LogP contribution in [-0.2, 0) is 17.8 Å². The van der Waals surface area contributed by atoms with E-state index >= 15 is 0 Å². The summed E-state index contributed by atoms with van der Waals surface area (Å²) in [6.07, 6.45) is 3.87. The molecular weight excluding hydrogens is 480 g/mol. The van der Waals surface area contributed by atoms with Crippen molar-refractivity contribution in [2.45, 2.75) is 26.0 Å². The number of rotatable bonds is 8. The number of H-pyrrole nitrogens is 1.